The topological polar surface area (TPSA) is 56.1 Å². The molecule has 0 saturated carbocycles. The first kappa shape index (κ1) is 12.8. The molecule has 0 rings (SSSR count). The van der Waals surface area contributed by atoms with E-state index in [0.717, 1.165) is 12.8 Å². The van der Waals surface area contributed by atoms with E-state index in [2.05, 4.69) is 12.2 Å². The van der Waals surface area contributed by atoms with Crippen LogP contribution in [-0.2, 0) is 0 Å². The van der Waals surface area contributed by atoms with Gasteiger partial charge in [-0.15, -0.1) is 0 Å². The molecule has 0 aromatic carbocycles. The highest BCUT2D eigenvalue weighted by molar-refractivity contribution is 5.74. The van der Waals surface area contributed by atoms with Gasteiger partial charge in [-0.05, 0) is 13.3 Å². The Balaban J connectivity index is 3.81. The molecule has 0 aromatic heterocycles. The van der Waals surface area contributed by atoms with Crippen LogP contribution < -0.4 is 5.32 Å². The highest BCUT2D eigenvalue weighted by Crippen LogP contribution is 1.99. The van der Waals surface area contributed by atoms with Crippen LogP contribution in [0.3, 0.4) is 0 Å². The highest BCUT2D eigenvalue weighted by atomic mass is 16.2. The number of nitrogens with one attached hydrogen (secondary N) is 1. The van der Waals surface area contributed by atoms with E-state index in [9.17, 15) is 4.79 Å². The zero-order valence-electron chi connectivity index (χ0n) is 9.21. The van der Waals surface area contributed by atoms with Crippen molar-refractivity contribution in [2.45, 2.75) is 39.2 Å². The summed E-state index contributed by atoms with van der Waals surface area (Å²) in [7, 11) is 1.71. The van der Waals surface area contributed by atoms with Gasteiger partial charge in [-0.3, -0.25) is 0 Å². The van der Waals surface area contributed by atoms with Crippen LogP contribution in [0.25, 0.3) is 0 Å². The van der Waals surface area contributed by atoms with Crippen molar-refractivity contribution in [2.24, 2.45) is 0 Å². The Morgan fingerprint density at radius 2 is 2.29 bits per heavy atom. The summed E-state index contributed by atoms with van der Waals surface area (Å²) in [6.07, 6.45) is 2.43. The minimum absolute atomic E-state index is 0.0263. The Morgan fingerprint density at radius 3 is 2.79 bits per heavy atom. The van der Waals surface area contributed by atoms with E-state index in [1.54, 1.807) is 11.9 Å². The molecule has 80 valence electrons. The number of carbonyl (C=O) groups excluding carboxylic acids is 1. The molecule has 1 N–H and O–H groups in total. The van der Waals surface area contributed by atoms with E-state index in [4.69, 9.17) is 5.26 Å². The quantitative estimate of drug-likeness (QED) is 0.682. The summed E-state index contributed by atoms with van der Waals surface area (Å²) in [5.74, 6) is 0. The molecule has 0 spiro atoms. The van der Waals surface area contributed by atoms with Crippen LogP contribution in [0.1, 0.15) is 33.1 Å². The predicted molar refractivity (Wildman–Crippen MR) is 55.8 cm³/mol. The Labute approximate surface area is 85.9 Å². The van der Waals surface area contributed by atoms with Gasteiger partial charge in [0.15, 0.2) is 0 Å². The van der Waals surface area contributed by atoms with E-state index in [1.807, 2.05) is 13.0 Å². The van der Waals surface area contributed by atoms with E-state index in [1.165, 1.54) is 0 Å². The standard InChI is InChI=1S/C10H19N3O/c1-4-5-8-12-10(14)13(3)9(2)6-7-11/h9H,4-6,8H2,1-3H3,(H,12,14). The molecular formula is C10H19N3O. The summed E-state index contributed by atoms with van der Waals surface area (Å²) in [4.78, 5) is 13.0. The third kappa shape index (κ3) is 4.70. The Bertz CT molecular complexity index is 210. The van der Waals surface area contributed by atoms with Gasteiger partial charge >= 0.3 is 6.03 Å². The summed E-state index contributed by atoms with van der Waals surface area (Å²) in [6, 6.07) is 1.93. The van der Waals surface area contributed by atoms with Crippen LogP contribution in [0, 0.1) is 11.3 Å². The van der Waals surface area contributed by atoms with Gasteiger partial charge in [0, 0.05) is 19.6 Å². The Hall–Kier alpha value is -1.24. The molecule has 14 heavy (non-hydrogen) atoms. The second kappa shape index (κ2) is 7.19. The molecule has 0 heterocycles. The first-order chi connectivity index (χ1) is 6.63. The minimum atomic E-state index is -0.0961. The van der Waals surface area contributed by atoms with Gasteiger partial charge in [-0.2, -0.15) is 5.26 Å². The smallest absolute Gasteiger partial charge is 0.317 e. The third-order valence-corrected chi connectivity index (χ3v) is 2.17. The van der Waals surface area contributed by atoms with Gasteiger partial charge in [0.05, 0.1) is 12.5 Å². The van der Waals surface area contributed by atoms with Gasteiger partial charge in [-0.25, -0.2) is 4.79 Å². The van der Waals surface area contributed by atoms with E-state index in [0.29, 0.717) is 13.0 Å². The lowest BCUT2D eigenvalue weighted by atomic mass is 10.2. The molecule has 0 aliphatic heterocycles. The van der Waals surface area contributed by atoms with Crippen molar-refractivity contribution in [3.8, 4) is 6.07 Å². The predicted octanol–water partition coefficient (Wildman–Crippen LogP) is 1.73. The monoisotopic (exact) mass is 197 g/mol. The fraction of sp³-hybridized carbons (Fsp3) is 0.800. The van der Waals surface area contributed by atoms with Gasteiger partial charge in [0.25, 0.3) is 0 Å². The van der Waals surface area contributed by atoms with E-state index < -0.39 is 0 Å². The van der Waals surface area contributed by atoms with Crippen molar-refractivity contribution in [2.75, 3.05) is 13.6 Å². The second-order valence-corrected chi connectivity index (χ2v) is 3.41. The molecule has 0 saturated heterocycles. The average molecular weight is 197 g/mol. The van der Waals surface area contributed by atoms with Crippen molar-refractivity contribution >= 4 is 6.03 Å². The summed E-state index contributed by atoms with van der Waals surface area (Å²) in [6.45, 7) is 4.65. The number of carbonyl (C=O) groups is 1. The highest BCUT2D eigenvalue weighted by Gasteiger charge is 2.13. The first-order valence-corrected chi connectivity index (χ1v) is 5.01. The van der Waals surface area contributed by atoms with Crippen molar-refractivity contribution in [1.29, 1.82) is 5.26 Å². The van der Waals surface area contributed by atoms with Crippen molar-refractivity contribution in [1.82, 2.24) is 10.2 Å². The van der Waals surface area contributed by atoms with Crippen LogP contribution in [0.4, 0.5) is 4.79 Å². The number of amides is 2. The molecule has 0 aromatic rings. The molecule has 4 heteroatoms. The second-order valence-electron chi connectivity index (χ2n) is 3.41. The zero-order chi connectivity index (χ0) is 11.0. The molecule has 2 amide bonds. The number of nitriles is 1. The maximum atomic E-state index is 11.4. The maximum Gasteiger partial charge on any atom is 0.317 e. The Morgan fingerprint density at radius 1 is 1.64 bits per heavy atom. The van der Waals surface area contributed by atoms with Crippen molar-refractivity contribution in [3.05, 3.63) is 0 Å². The number of nitrogens with zero attached hydrogens (tertiary/aromatic N) is 2. The number of rotatable bonds is 5. The molecule has 1 atom stereocenters. The summed E-state index contributed by atoms with van der Waals surface area (Å²) in [5, 5.41) is 11.3. The fourth-order valence-corrected chi connectivity index (χ4v) is 0.966. The van der Waals surface area contributed by atoms with E-state index in [-0.39, 0.29) is 12.1 Å². The van der Waals surface area contributed by atoms with Crippen LogP contribution >= 0.6 is 0 Å². The molecule has 0 aliphatic rings. The Kier molecular flexibility index (Phi) is 6.55. The summed E-state index contributed by atoms with van der Waals surface area (Å²) >= 11 is 0. The number of hydrogen-bond donors (Lipinski definition) is 1. The van der Waals surface area contributed by atoms with Crippen molar-refractivity contribution < 1.29 is 4.79 Å². The van der Waals surface area contributed by atoms with E-state index >= 15 is 0 Å². The van der Waals surface area contributed by atoms with Gasteiger partial charge in [0.2, 0.25) is 0 Å². The number of urea groups is 1. The lowest BCUT2D eigenvalue weighted by Crippen LogP contribution is -2.42. The van der Waals surface area contributed by atoms with Gasteiger partial charge in [0.1, 0.15) is 0 Å². The minimum Gasteiger partial charge on any atom is -0.338 e. The van der Waals surface area contributed by atoms with Crippen LogP contribution in [0.15, 0.2) is 0 Å². The summed E-state index contributed by atoms with van der Waals surface area (Å²) in [5.41, 5.74) is 0. The third-order valence-electron chi connectivity index (χ3n) is 2.17. The maximum absolute atomic E-state index is 11.4. The normalized spacial score (nSPS) is 11.6. The number of unbranched alkanes of at least 4 members (excludes halogenated alkanes) is 1. The molecule has 0 radical (unpaired) electrons. The summed E-state index contributed by atoms with van der Waals surface area (Å²) < 4.78 is 0. The molecule has 0 bridgehead atoms. The molecule has 0 fully saturated rings. The van der Waals surface area contributed by atoms with Gasteiger partial charge < -0.3 is 10.2 Å². The SMILES string of the molecule is CCCCNC(=O)N(C)C(C)CC#N. The van der Waals surface area contributed by atoms with Crippen molar-refractivity contribution in [3.63, 3.8) is 0 Å². The molecule has 0 aliphatic carbocycles. The first-order valence-electron chi connectivity index (χ1n) is 5.01. The van der Waals surface area contributed by atoms with Crippen LogP contribution in [0.2, 0.25) is 0 Å². The lowest BCUT2D eigenvalue weighted by molar-refractivity contribution is 0.194. The lowest BCUT2D eigenvalue weighted by Gasteiger charge is -2.23. The largest absolute Gasteiger partial charge is 0.338 e. The van der Waals surface area contributed by atoms with Crippen LogP contribution in [-0.4, -0.2) is 30.6 Å². The molecule has 1 unspecified atom stereocenters. The number of hydrogen-bond acceptors (Lipinski definition) is 2. The fourth-order valence-electron chi connectivity index (χ4n) is 0.966. The van der Waals surface area contributed by atoms with Gasteiger partial charge in [-0.1, -0.05) is 13.3 Å². The zero-order valence-corrected chi connectivity index (χ0v) is 9.21. The molecule has 4 nitrogen and oxygen atoms in total. The average Bonchev–Trinajstić information content (AvgIpc) is 2.17. The molecular weight excluding hydrogens is 178 g/mol. The van der Waals surface area contributed by atoms with Crippen LogP contribution in [0.5, 0.6) is 0 Å².